The van der Waals surface area contributed by atoms with E-state index in [2.05, 4.69) is 67.8 Å². The van der Waals surface area contributed by atoms with E-state index in [-0.39, 0.29) is 19.1 Å². The quantitative estimate of drug-likeness (QED) is 0.0243. The van der Waals surface area contributed by atoms with Gasteiger partial charge in [0.25, 0.3) is 0 Å². The van der Waals surface area contributed by atoms with E-state index in [0.29, 0.717) is 23.9 Å². The zero-order valence-electron chi connectivity index (χ0n) is 48.4. The Morgan fingerprint density at radius 1 is 0.486 bits per heavy atom. The number of unbranched alkanes of at least 4 members (excludes halogenated alkanes) is 36. The molecule has 0 saturated heterocycles. The maximum absolute atomic E-state index is 13.0. The molecule has 0 aliphatic carbocycles. The molecule has 0 aromatic rings. The number of hydrogen-bond acceptors (Lipinski definition) is 5. The number of quaternary nitrogens is 1. The Labute approximate surface area is 448 Å². The van der Waals surface area contributed by atoms with Crippen LogP contribution in [0.15, 0.2) is 48.6 Å². The fourth-order valence-electron chi connectivity index (χ4n) is 9.28. The second-order valence-electron chi connectivity index (χ2n) is 22.4. The summed E-state index contributed by atoms with van der Waals surface area (Å²) >= 11 is 0. The van der Waals surface area contributed by atoms with E-state index in [1.807, 2.05) is 21.1 Å². The van der Waals surface area contributed by atoms with Crippen molar-refractivity contribution in [1.82, 2.24) is 5.32 Å². The minimum absolute atomic E-state index is 0.0740. The van der Waals surface area contributed by atoms with Gasteiger partial charge in [0, 0.05) is 6.42 Å². The summed E-state index contributed by atoms with van der Waals surface area (Å²) in [4.78, 5) is 23.4. The number of likely N-dealkylation sites (N-methyl/N-ethyl adjacent to an activating group) is 1. The van der Waals surface area contributed by atoms with Crippen molar-refractivity contribution in [2.75, 3.05) is 40.9 Å². The Morgan fingerprint density at radius 3 is 1.22 bits per heavy atom. The van der Waals surface area contributed by atoms with Crippen molar-refractivity contribution in [2.45, 2.75) is 309 Å². The topological polar surface area (TPSA) is 105 Å². The van der Waals surface area contributed by atoms with Gasteiger partial charge in [-0.05, 0) is 51.4 Å². The van der Waals surface area contributed by atoms with Crippen LogP contribution in [-0.2, 0) is 18.4 Å². The lowest BCUT2D eigenvalue weighted by Crippen LogP contribution is -2.46. The highest BCUT2D eigenvalue weighted by Crippen LogP contribution is 2.43. The van der Waals surface area contributed by atoms with Gasteiger partial charge in [0.2, 0.25) is 5.91 Å². The molecule has 0 aliphatic rings. The van der Waals surface area contributed by atoms with Crippen LogP contribution in [0.3, 0.4) is 0 Å². The van der Waals surface area contributed by atoms with Crippen LogP contribution in [0.4, 0.5) is 0 Å². The van der Waals surface area contributed by atoms with Crippen LogP contribution in [0.5, 0.6) is 0 Å². The molecule has 0 spiro atoms. The highest BCUT2D eigenvalue weighted by atomic mass is 31.2. The molecule has 0 aliphatic heterocycles. The molecule has 3 atom stereocenters. The van der Waals surface area contributed by atoms with Crippen LogP contribution < -0.4 is 5.32 Å². The van der Waals surface area contributed by atoms with E-state index in [4.69, 9.17) is 9.05 Å². The van der Waals surface area contributed by atoms with Gasteiger partial charge in [-0.15, -0.1) is 0 Å². The summed E-state index contributed by atoms with van der Waals surface area (Å²) in [6.07, 6.45) is 71.8. The number of phosphoric acid groups is 1. The first-order valence-electron chi connectivity index (χ1n) is 31.0. The van der Waals surface area contributed by atoms with Crippen LogP contribution in [0.25, 0.3) is 0 Å². The summed E-state index contributed by atoms with van der Waals surface area (Å²) in [5.41, 5.74) is 0. The van der Waals surface area contributed by atoms with Gasteiger partial charge in [-0.3, -0.25) is 13.8 Å². The van der Waals surface area contributed by atoms with Crippen molar-refractivity contribution in [2.24, 2.45) is 0 Å². The molecule has 0 saturated carbocycles. The monoisotopic (exact) mass is 1030 g/mol. The predicted molar refractivity (Wildman–Crippen MR) is 314 cm³/mol. The Kier molecular flexibility index (Phi) is 53.1. The van der Waals surface area contributed by atoms with Crippen LogP contribution in [-0.4, -0.2) is 73.4 Å². The number of hydrogen-bond donors (Lipinski definition) is 3. The van der Waals surface area contributed by atoms with Crippen LogP contribution >= 0.6 is 7.82 Å². The van der Waals surface area contributed by atoms with Crippen molar-refractivity contribution in [3.05, 3.63) is 48.6 Å². The number of nitrogens with one attached hydrogen (secondary N) is 1. The van der Waals surface area contributed by atoms with Crippen molar-refractivity contribution in [3.8, 4) is 0 Å². The van der Waals surface area contributed by atoms with E-state index >= 15 is 0 Å². The molecule has 0 radical (unpaired) electrons. The molecule has 0 bridgehead atoms. The molecular formula is C63H122N2O6P+. The fourth-order valence-corrected chi connectivity index (χ4v) is 10.0. The zero-order valence-corrected chi connectivity index (χ0v) is 49.3. The molecule has 9 heteroatoms. The number of rotatable bonds is 57. The number of phosphoric ester groups is 1. The molecule has 8 nitrogen and oxygen atoms in total. The lowest BCUT2D eigenvalue weighted by atomic mass is 10.0. The number of carbonyl (C=O) groups excluding carboxylic acids is 1. The number of aliphatic hydroxyl groups is 1. The summed E-state index contributed by atoms with van der Waals surface area (Å²) in [5, 5.41) is 14.1. The van der Waals surface area contributed by atoms with Gasteiger partial charge in [0.1, 0.15) is 13.2 Å². The van der Waals surface area contributed by atoms with Gasteiger partial charge in [-0.1, -0.05) is 287 Å². The van der Waals surface area contributed by atoms with Gasteiger partial charge in [0.15, 0.2) is 0 Å². The van der Waals surface area contributed by atoms with Gasteiger partial charge >= 0.3 is 7.82 Å². The smallest absolute Gasteiger partial charge is 0.391 e. The van der Waals surface area contributed by atoms with Gasteiger partial charge in [-0.25, -0.2) is 4.57 Å². The van der Waals surface area contributed by atoms with Crippen molar-refractivity contribution >= 4 is 13.7 Å². The van der Waals surface area contributed by atoms with Crippen molar-refractivity contribution in [3.63, 3.8) is 0 Å². The second kappa shape index (κ2) is 54.3. The second-order valence-corrected chi connectivity index (χ2v) is 23.9. The number of aliphatic hydroxyl groups excluding tert-OH is 1. The molecule has 0 fully saturated rings. The normalized spacial score (nSPS) is 14.2. The SMILES string of the molecule is CC/C=C\C/C=C\C/C=C\C/C=C\CCCCCCCCCCCCCCC(=O)NC(COP(=O)(O)OCC[N+](C)(C)C)C(O)CCCCCCCCCCCCCCCCCCCCCCCCCCC. The highest BCUT2D eigenvalue weighted by Gasteiger charge is 2.28. The van der Waals surface area contributed by atoms with Gasteiger partial charge in [-0.2, -0.15) is 0 Å². The molecular weight excluding hydrogens is 912 g/mol. The third kappa shape index (κ3) is 56.2. The summed E-state index contributed by atoms with van der Waals surface area (Å²) in [6.45, 7) is 4.81. The summed E-state index contributed by atoms with van der Waals surface area (Å²) in [6, 6.07) is -0.764. The molecule has 72 heavy (non-hydrogen) atoms. The average Bonchev–Trinajstić information content (AvgIpc) is 3.34. The third-order valence-electron chi connectivity index (χ3n) is 14.1. The van der Waals surface area contributed by atoms with E-state index in [1.54, 1.807) is 0 Å². The maximum atomic E-state index is 13.0. The van der Waals surface area contributed by atoms with Crippen LogP contribution in [0.2, 0.25) is 0 Å². The molecule has 424 valence electrons. The van der Waals surface area contributed by atoms with Crippen LogP contribution in [0, 0.1) is 0 Å². The molecule has 1 amide bonds. The first-order chi connectivity index (χ1) is 35.0. The standard InChI is InChI=1S/C63H121N2O6P/c1-6-8-10-12-14-16-18-20-22-24-26-28-30-32-34-36-38-40-42-44-46-48-50-52-54-56-62(66)61(60-71-72(68,69)70-59-58-65(3,4)5)64-63(67)57-55-53-51-49-47-45-43-41-39-37-35-33-31-29-27-25-23-21-19-17-15-13-11-9-7-2/h9,11,15,17,21,23,27,29,61-62,66H,6-8,10,12-14,16,18-20,22,24-26,28,30-60H2,1-5H3,(H-,64,67,68,69)/p+1/b11-9-,17-15-,23-21-,29-27-. The van der Waals surface area contributed by atoms with Gasteiger partial charge < -0.3 is 19.8 Å². The molecule has 0 rings (SSSR count). The number of allylic oxidation sites excluding steroid dienone is 8. The minimum atomic E-state index is -4.33. The molecule has 0 aromatic carbocycles. The number of carbonyl (C=O) groups is 1. The Bertz CT molecular complexity index is 1310. The van der Waals surface area contributed by atoms with Gasteiger partial charge in [0.05, 0.1) is 39.9 Å². The molecule has 0 aromatic heterocycles. The first-order valence-corrected chi connectivity index (χ1v) is 32.5. The average molecular weight is 1030 g/mol. The minimum Gasteiger partial charge on any atom is -0.391 e. The summed E-state index contributed by atoms with van der Waals surface area (Å²) < 4.78 is 23.8. The van der Waals surface area contributed by atoms with Crippen molar-refractivity contribution in [1.29, 1.82) is 0 Å². The Hall–Kier alpha value is -1.54. The van der Waals surface area contributed by atoms with E-state index in [1.165, 1.54) is 205 Å². The van der Waals surface area contributed by atoms with E-state index in [0.717, 1.165) is 64.2 Å². The Morgan fingerprint density at radius 2 is 0.833 bits per heavy atom. The van der Waals surface area contributed by atoms with Crippen molar-refractivity contribution < 1.29 is 32.9 Å². The lowest BCUT2D eigenvalue weighted by molar-refractivity contribution is -0.870. The largest absolute Gasteiger partial charge is 0.472 e. The predicted octanol–water partition coefficient (Wildman–Crippen LogP) is 19.1. The summed E-state index contributed by atoms with van der Waals surface area (Å²) in [7, 11) is 1.62. The lowest BCUT2D eigenvalue weighted by Gasteiger charge is -2.26. The number of nitrogens with zero attached hydrogens (tertiary/aromatic N) is 1. The van der Waals surface area contributed by atoms with E-state index < -0.39 is 20.0 Å². The zero-order chi connectivity index (χ0) is 52.7. The highest BCUT2D eigenvalue weighted by molar-refractivity contribution is 7.47. The third-order valence-corrected chi connectivity index (χ3v) is 15.1. The molecule has 3 unspecified atom stereocenters. The number of amides is 1. The maximum Gasteiger partial charge on any atom is 0.472 e. The fraction of sp³-hybridized carbons (Fsp3) is 0.857. The first kappa shape index (κ1) is 70.5. The Balaban J connectivity index is 4.12. The molecule has 3 N–H and O–H groups in total. The molecule has 0 heterocycles. The van der Waals surface area contributed by atoms with Crippen LogP contribution in [0.1, 0.15) is 296 Å². The van der Waals surface area contributed by atoms with E-state index in [9.17, 15) is 19.4 Å². The summed E-state index contributed by atoms with van der Waals surface area (Å²) in [5.74, 6) is -0.144.